The molecule has 0 bridgehead atoms. The van der Waals surface area contributed by atoms with Gasteiger partial charge in [-0.25, -0.2) is 13.6 Å². The minimum Gasteiger partial charge on any atom is -0.481 e. The van der Waals surface area contributed by atoms with Gasteiger partial charge < -0.3 is 10.4 Å². The van der Waals surface area contributed by atoms with Crippen molar-refractivity contribution in [2.24, 2.45) is 5.14 Å². The Kier molecular flexibility index (Phi) is 6.39. The van der Waals surface area contributed by atoms with Crippen molar-refractivity contribution in [2.75, 3.05) is 18.1 Å². The van der Waals surface area contributed by atoms with Crippen LogP contribution < -0.4 is 10.5 Å². The van der Waals surface area contributed by atoms with E-state index in [2.05, 4.69) is 5.32 Å². The van der Waals surface area contributed by atoms with E-state index in [4.69, 9.17) is 10.2 Å². The standard InChI is InChI=1S/C13H18N2O5S2/c1-8-5-10(6-11(9(8)2)22(14,19)20)13(18)15-3-4-21-7-12(16)17/h5-6H,3-4,7H2,1-2H3,(H,15,18)(H,16,17)(H2,14,19,20). The minimum atomic E-state index is -3.90. The summed E-state index contributed by atoms with van der Waals surface area (Å²) in [6.07, 6.45) is 0. The lowest BCUT2D eigenvalue weighted by atomic mass is 10.1. The number of thioether (sulfide) groups is 1. The van der Waals surface area contributed by atoms with Crippen LogP contribution in [0, 0.1) is 13.8 Å². The van der Waals surface area contributed by atoms with Crippen molar-refractivity contribution in [3.05, 3.63) is 28.8 Å². The third kappa shape index (κ3) is 5.32. The van der Waals surface area contributed by atoms with Crippen molar-refractivity contribution in [2.45, 2.75) is 18.7 Å². The Bertz CT molecular complexity index is 686. The quantitative estimate of drug-likeness (QED) is 0.617. The minimum absolute atomic E-state index is 0.0327. The van der Waals surface area contributed by atoms with Crippen molar-refractivity contribution in [3.8, 4) is 0 Å². The second-order valence-corrected chi connectivity index (χ2v) is 7.30. The molecule has 0 aliphatic carbocycles. The third-order valence-electron chi connectivity index (χ3n) is 2.95. The Morgan fingerprint density at radius 3 is 2.50 bits per heavy atom. The summed E-state index contributed by atoms with van der Waals surface area (Å²) in [6.45, 7) is 3.61. The third-order valence-corrected chi connectivity index (χ3v) is 4.93. The van der Waals surface area contributed by atoms with Gasteiger partial charge in [-0.1, -0.05) is 0 Å². The summed E-state index contributed by atoms with van der Waals surface area (Å²) in [5.41, 5.74) is 1.36. The second-order valence-electron chi connectivity index (χ2n) is 4.66. The van der Waals surface area contributed by atoms with Crippen LogP contribution in [0.4, 0.5) is 0 Å². The molecule has 0 saturated heterocycles. The molecule has 0 aliphatic rings. The molecule has 1 aromatic carbocycles. The van der Waals surface area contributed by atoms with E-state index in [-0.39, 0.29) is 22.8 Å². The van der Waals surface area contributed by atoms with Crippen molar-refractivity contribution in [3.63, 3.8) is 0 Å². The molecule has 0 radical (unpaired) electrons. The number of aliphatic carboxylic acids is 1. The van der Waals surface area contributed by atoms with Gasteiger partial charge in [0.2, 0.25) is 10.0 Å². The normalized spacial score (nSPS) is 11.2. The molecule has 122 valence electrons. The van der Waals surface area contributed by atoms with Crippen molar-refractivity contribution in [1.82, 2.24) is 5.32 Å². The predicted octanol–water partition coefficient (Wildman–Crippen LogP) is 0.498. The molecule has 22 heavy (non-hydrogen) atoms. The van der Waals surface area contributed by atoms with E-state index in [9.17, 15) is 18.0 Å². The molecule has 0 aliphatic heterocycles. The average molecular weight is 346 g/mol. The topological polar surface area (TPSA) is 127 Å². The van der Waals surface area contributed by atoms with Crippen LogP contribution in [0.2, 0.25) is 0 Å². The number of benzene rings is 1. The van der Waals surface area contributed by atoms with Gasteiger partial charge in [0.1, 0.15) is 0 Å². The fourth-order valence-corrected chi connectivity index (χ4v) is 3.20. The zero-order valence-electron chi connectivity index (χ0n) is 12.3. The van der Waals surface area contributed by atoms with Gasteiger partial charge in [-0.3, -0.25) is 9.59 Å². The van der Waals surface area contributed by atoms with E-state index in [0.29, 0.717) is 16.9 Å². The number of amides is 1. The zero-order chi connectivity index (χ0) is 16.9. The van der Waals surface area contributed by atoms with Crippen LogP contribution in [0.5, 0.6) is 0 Å². The Morgan fingerprint density at radius 2 is 1.95 bits per heavy atom. The number of sulfonamides is 1. The molecular weight excluding hydrogens is 328 g/mol. The van der Waals surface area contributed by atoms with Gasteiger partial charge >= 0.3 is 5.97 Å². The molecule has 1 amide bonds. The molecule has 0 unspecified atom stereocenters. The highest BCUT2D eigenvalue weighted by Gasteiger charge is 2.17. The van der Waals surface area contributed by atoms with Crippen molar-refractivity contribution in [1.29, 1.82) is 0 Å². The summed E-state index contributed by atoms with van der Waals surface area (Å²) in [4.78, 5) is 22.3. The second kappa shape index (κ2) is 7.61. The summed E-state index contributed by atoms with van der Waals surface area (Å²) >= 11 is 1.18. The lowest BCUT2D eigenvalue weighted by molar-refractivity contribution is -0.133. The van der Waals surface area contributed by atoms with Crippen LogP contribution in [-0.2, 0) is 14.8 Å². The molecular formula is C13H18N2O5S2. The number of rotatable bonds is 7. The first-order valence-corrected chi connectivity index (χ1v) is 9.05. The first-order chi connectivity index (χ1) is 10.1. The molecule has 9 heteroatoms. The molecule has 7 nitrogen and oxygen atoms in total. The average Bonchev–Trinajstić information content (AvgIpc) is 2.39. The van der Waals surface area contributed by atoms with Crippen LogP contribution in [0.25, 0.3) is 0 Å². The van der Waals surface area contributed by atoms with E-state index in [0.717, 1.165) is 0 Å². The SMILES string of the molecule is Cc1cc(C(=O)NCCSCC(=O)O)cc(S(N)(=O)=O)c1C. The molecule has 0 atom stereocenters. The van der Waals surface area contributed by atoms with Gasteiger partial charge in [0.25, 0.3) is 5.91 Å². The number of aryl methyl sites for hydroxylation is 1. The number of carboxylic acid groups (broad SMARTS) is 1. The largest absolute Gasteiger partial charge is 0.481 e. The van der Waals surface area contributed by atoms with Crippen LogP contribution in [0.3, 0.4) is 0 Å². The zero-order valence-corrected chi connectivity index (χ0v) is 13.9. The molecule has 0 heterocycles. The van der Waals surface area contributed by atoms with E-state index < -0.39 is 21.9 Å². The highest BCUT2D eigenvalue weighted by Crippen LogP contribution is 2.20. The van der Waals surface area contributed by atoms with Gasteiger partial charge in [0, 0.05) is 17.9 Å². The number of carboxylic acids is 1. The van der Waals surface area contributed by atoms with Gasteiger partial charge in [0.05, 0.1) is 10.6 Å². The number of carbonyl (C=O) groups excluding carboxylic acids is 1. The summed E-state index contributed by atoms with van der Waals surface area (Å²) in [6, 6.07) is 2.83. The number of carbonyl (C=O) groups is 2. The van der Waals surface area contributed by atoms with E-state index >= 15 is 0 Å². The first kappa shape index (κ1) is 18.5. The maximum absolute atomic E-state index is 12.0. The highest BCUT2D eigenvalue weighted by atomic mass is 32.2. The van der Waals surface area contributed by atoms with Crippen LogP contribution in [0.15, 0.2) is 17.0 Å². The number of primary sulfonamides is 1. The highest BCUT2D eigenvalue weighted by molar-refractivity contribution is 7.99. The van der Waals surface area contributed by atoms with Crippen LogP contribution >= 0.6 is 11.8 Å². The number of nitrogens with one attached hydrogen (secondary N) is 1. The van der Waals surface area contributed by atoms with Crippen LogP contribution in [-0.4, -0.2) is 43.5 Å². The van der Waals surface area contributed by atoms with Crippen molar-refractivity contribution < 1.29 is 23.1 Å². The Labute approximate surface area is 133 Å². The van der Waals surface area contributed by atoms with E-state index in [1.165, 1.54) is 17.8 Å². The summed E-state index contributed by atoms with van der Waals surface area (Å²) < 4.78 is 23.1. The number of hydrogen-bond acceptors (Lipinski definition) is 5. The summed E-state index contributed by atoms with van der Waals surface area (Å²) in [5.74, 6) is -0.924. The molecule has 1 rings (SSSR count). The number of nitrogens with two attached hydrogens (primary N) is 1. The molecule has 0 spiro atoms. The van der Waals surface area contributed by atoms with Gasteiger partial charge in [-0.15, -0.1) is 11.8 Å². The Balaban J connectivity index is 2.78. The Hall–Kier alpha value is -1.58. The molecule has 1 aromatic rings. The van der Waals surface area contributed by atoms with Gasteiger partial charge in [0.15, 0.2) is 0 Å². The monoisotopic (exact) mass is 346 g/mol. The molecule has 4 N–H and O–H groups in total. The predicted molar refractivity (Wildman–Crippen MR) is 84.6 cm³/mol. The smallest absolute Gasteiger partial charge is 0.313 e. The first-order valence-electron chi connectivity index (χ1n) is 6.34. The molecule has 0 aromatic heterocycles. The van der Waals surface area contributed by atoms with Crippen LogP contribution in [0.1, 0.15) is 21.5 Å². The van der Waals surface area contributed by atoms with Gasteiger partial charge in [-0.05, 0) is 37.1 Å². The van der Waals surface area contributed by atoms with E-state index in [1.807, 2.05) is 0 Å². The fourth-order valence-electron chi connectivity index (χ4n) is 1.75. The summed E-state index contributed by atoms with van der Waals surface area (Å²) in [5, 5.41) is 16.2. The molecule has 0 saturated carbocycles. The maximum atomic E-state index is 12.0. The fraction of sp³-hybridized carbons (Fsp3) is 0.385. The Morgan fingerprint density at radius 1 is 1.32 bits per heavy atom. The lowest BCUT2D eigenvalue weighted by Gasteiger charge is -2.11. The number of hydrogen-bond donors (Lipinski definition) is 3. The van der Waals surface area contributed by atoms with Gasteiger partial charge in [-0.2, -0.15) is 0 Å². The van der Waals surface area contributed by atoms with Crippen molar-refractivity contribution >= 4 is 33.7 Å². The molecule has 0 fully saturated rings. The lowest BCUT2D eigenvalue weighted by Crippen LogP contribution is -2.27. The van der Waals surface area contributed by atoms with E-state index in [1.54, 1.807) is 19.9 Å². The summed E-state index contributed by atoms with van der Waals surface area (Å²) in [7, 11) is -3.90. The maximum Gasteiger partial charge on any atom is 0.313 e.